The van der Waals surface area contributed by atoms with Gasteiger partial charge in [0.05, 0.1) is 23.9 Å². The van der Waals surface area contributed by atoms with Gasteiger partial charge in [0.2, 0.25) is 0 Å². The molecular formula is C20H20BrN3O5. The standard InChI is InChI=1S/C20H20BrN3O5/c21-17-10-14(12-22-23-20(27)15-2-1-3-16(25)11-15)4-5-18(17)29-13-19(26)24-6-8-28-9-7-24/h1-5,10-12,25H,6-9,13H2,(H,23,27). The Kier molecular flexibility index (Phi) is 7.20. The smallest absolute Gasteiger partial charge is 0.271 e. The highest BCUT2D eigenvalue weighted by Gasteiger charge is 2.17. The van der Waals surface area contributed by atoms with Crippen LogP contribution in [0.1, 0.15) is 15.9 Å². The molecule has 2 N–H and O–H groups in total. The van der Waals surface area contributed by atoms with E-state index in [1.165, 1.54) is 18.3 Å². The van der Waals surface area contributed by atoms with Gasteiger partial charge in [-0.2, -0.15) is 5.10 Å². The zero-order valence-corrected chi connectivity index (χ0v) is 17.1. The molecule has 0 bridgehead atoms. The molecule has 0 aliphatic carbocycles. The SMILES string of the molecule is O=C(NN=Cc1ccc(OCC(=O)N2CCOCC2)c(Br)c1)c1cccc(O)c1. The van der Waals surface area contributed by atoms with Gasteiger partial charge >= 0.3 is 0 Å². The maximum atomic E-state index is 12.1. The molecule has 0 radical (unpaired) electrons. The Hall–Kier alpha value is -2.91. The second-order valence-electron chi connectivity index (χ2n) is 6.22. The third kappa shape index (κ3) is 6.03. The van der Waals surface area contributed by atoms with E-state index in [2.05, 4.69) is 26.5 Å². The van der Waals surface area contributed by atoms with Crippen LogP contribution in [0.5, 0.6) is 11.5 Å². The first-order valence-corrected chi connectivity index (χ1v) is 9.72. The lowest BCUT2D eigenvalue weighted by atomic mass is 10.2. The highest BCUT2D eigenvalue weighted by molar-refractivity contribution is 9.10. The molecule has 2 aromatic rings. The number of hydrazone groups is 1. The van der Waals surface area contributed by atoms with Gasteiger partial charge in [-0.1, -0.05) is 6.07 Å². The third-order valence-electron chi connectivity index (χ3n) is 4.16. The van der Waals surface area contributed by atoms with Crippen LogP contribution < -0.4 is 10.2 Å². The second-order valence-corrected chi connectivity index (χ2v) is 7.08. The first kappa shape index (κ1) is 20.8. The largest absolute Gasteiger partial charge is 0.508 e. The fourth-order valence-corrected chi connectivity index (χ4v) is 3.15. The summed E-state index contributed by atoms with van der Waals surface area (Å²) in [5, 5.41) is 13.3. The number of carbonyl (C=O) groups is 2. The van der Waals surface area contributed by atoms with E-state index < -0.39 is 5.91 Å². The number of phenolic OH excluding ortho intramolecular Hbond substituents is 1. The topological polar surface area (TPSA) is 100 Å². The van der Waals surface area contributed by atoms with Crippen LogP contribution in [0.4, 0.5) is 0 Å². The van der Waals surface area contributed by atoms with Gasteiger partial charge in [-0.25, -0.2) is 5.43 Å². The molecule has 3 rings (SSSR count). The van der Waals surface area contributed by atoms with Crippen molar-refractivity contribution in [1.29, 1.82) is 0 Å². The second kappa shape index (κ2) is 10.0. The molecule has 8 nitrogen and oxygen atoms in total. The van der Waals surface area contributed by atoms with Crippen LogP contribution in [0.3, 0.4) is 0 Å². The van der Waals surface area contributed by atoms with Crippen molar-refractivity contribution in [3.05, 3.63) is 58.1 Å². The maximum Gasteiger partial charge on any atom is 0.271 e. The van der Waals surface area contributed by atoms with Crippen LogP contribution in [0.2, 0.25) is 0 Å². The van der Waals surface area contributed by atoms with Gasteiger partial charge in [0.1, 0.15) is 11.5 Å². The van der Waals surface area contributed by atoms with Crippen molar-refractivity contribution in [2.75, 3.05) is 32.9 Å². The lowest BCUT2D eigenvalue weighted by Gasteiger charge is -2.26. The van der Waals surface area contributed by atoms with Crippen molar-refractivity contribution in [2.45, 2.75) is 0 Å². The fourth-order valence-electron chi connectivity index (χ4n) is 2.64. The van der Waals surface area contributed by atoms with Gasteiger partial charge < -0.3 is 19.5 Å². The van der Waals surface area contributed by atoms with Crippen LogP contribution in [0.15, 0.2) is 52.0 Å². The van der Waals surface area contributed by atoms with Gasteiger partial charge in [0.25, 0.3) is 11.8 Å². The molecule has 1 aliphatic heterocycles. The number of nitrogens with zero attached hydrogens (tertiary/aromatic N) is 2. The summed E-state index contributed by atoms with van der Waals surface area (Å²) in [6.07, 6.45) is 1.48. The van der Waals surface area contributed by atoms with Crippen molar-refractivity contribution >= 4 is 34.0 Å². The van der Waals surface area contributed by atoms with Crippen LogP contribution in [0.25, 0.3) is 0 Å². The fraction of sp³-hybridized carbons (Fsp3) is 0.250. The molecule has 1 heterocycles. The van der Waals surface area contributed by atoms with Gasteiger partial charge in [-0.3, -0.25) is 9.59 Å². The summed E-state index contributed by atoms with van der Waals surface area (Å²) in [5.74, 6) is 0.0269. The van der Waals surface area contributed by atoms with E-state index >= 15 is 0 Å². The molecule has 0 unspecified atom stereocenters. The summed E-state index contributed by atoms with van der Waals surface area (Å²) in [6, 6.07) is 11.2. The van der Waals surface area contributed by atoms with E-state index in [0.717, 1.165) is 5.56 Å². The molecule has 1 saturated heterocycles. The summed E-state index contributed by atoms with van der Waals surface area (Å²) in [7, 11) is 0. The Labute approximate surface area is 176 Å². The summed E-state index contributed by atoms with van der Waals surface area (Å²) in [6.45, 7) is 2.20. The molecule has 0 spiro atoms. The lowest BCUT2D eigenvalue weighted by molar-refractivity contribution is -0.137. The Morgan fingerprint density at radius 2 is 2.03 bits per heavy atom. The minimum atomic E-state index is -0.433. The van der Waals surface area contributed by atoms with Crippen LogP contribution >= 0.6 is 15.9 Å². The number of ether oxygens (including phenoxy) is 2. The Balaban J connectivity index is 1.52. The van der Waals surface area contributed by atoms with Crippen LogP contribution in [-0.2, 0) is 9.53 Å². The number of benzene rings is 2. The van der Waals surface area contributed by atoms with Crippen molar-refractivity contribution in [2.24, 2.45) is 5.10 Å². The van der Waals surface area contributed by atoms with Gasteiger partial charge in [-0.15, -0.1) is 0 Å². The van der Waals surface area contributed by atoms with Crippen LogP contribution in [0, 0.1) is 0 Å². The number of hydrogen-bond acceptors (Lipinski definition) is 6. The van der Waals surface area contributed by atoms with Crippen LogP contribution in [-0.4, -0.2) is 60.9 Å². The molecule has 0 atom stereocenters. The summed E-state index contributed by atoms with van der Waals surface area (Å²) in [5.41, 5.74) is 3.42. The summed E-state index contributed by atoms with van der Waals surface area (Å²) >= 11 is 3.41. The predicted octanol–water partition coefficient (Wildman–Crippen LogP) is 2.16. The highest BCUT2D eigenvalue weighted by Crippen LogP contribution is 2.25. The van der Waals surface area contributed by atoms with E-state index in [1.807, 2.05) is 0 Å². The van der Waals surface area contributed by atoms with Crippen molar-refractivity contribution < 1.29 is 24.2 Å². The minimum Gasteiger partial charge on any atom is -0.508 e. The average Bonchev–Trinajstić information content (AvgIpc) is 2.73. The predicted molar refractivity (Wildman–Crippen MR) is 110 cm³/mol. The van der Waals surface area contributed by atoms with Crippen molar-refractivity contribution in [3.8, 4) is 11.5 Å². The normalized spacial score (nSPS) is 14.0. The summed E-state index contributed by atoms with van der Waals surface area (Å²) in [4.78, 5) is 25.8. The number of amides is 2. The third-order valence-corrected chi connectivity index (χ3v) is 4.78. The molecule has 2 aromatic carbocycles. The lowest BCUT2D eigenvalue weighted by Crippen LogP contribution is -2.43. The number of aromatic hydroxyl groups is 1. The Morgan fingerprint density at radius 3 is 2.76 bits per heavy atom. The van der Waals surface area contributed by atoms with Gasteiger partial charge in [0.15, 0.2) is 6.61 Å². The molecular weight excluding hydrogens is 442 g/mol. The zero-order valence-electron chi connectivity index (χ0n) is 15.5. The average molecular weight is 462 g/mol. The number of phenols is 1. The van der Waals surface area contributed by atoms with Crippen molar-refractivity contribution in [3.63, 3.8) is 0 Å². The molecule has 0 aromatic heterocycles. The quantitative estimate of drug-likeness (QED) is 0.506. The van der Waals surface area contributed by atoms with Gasteiger partial charge in [0, 0.05) is 18.7 Å². The Bertz CT molecular complexity index is 913. The number of carbonyl (C=O) groups excluding carboxylic acids is 2. The number of nitrogens with one attached hydrogen (secondary N) is 1. The van der Waals surface area contributed by atoms with E-state index in [4.69, 9.17) is 9.47 Å². The summed E-state index contributed by atoms with van der Waals surface area (Å²) < 4.78 is 11.5. The maximum absolute atomic E-state index is 12.1. The molecule has 1 fully saturated rings. The first-order chi connectivity index (χ1) is 14.0. The van der Waals surface area contributed by atoms with Crippen molar-refractivity contribution in [1.82, 2.24) is 10.3 Å². The first-order valence-electron chi connectivity index (χ1n) is 8.93. The van der Waals surface area contributed by atoms with E-state index in [1.54, 1.807) is 35.2 Å². The zero-order chi connectivity index (χ0) is 20.6. The Morgan fingerprint density at radius 1 is 1.24 bits per heavy atom. The van der Waals surface area contributed by atoms with E-state index in [0.29, 0.717) is 42.1 Å². The number of rotatable bonds is 6. The monoisotopic (exact) mass is 461 g/mol. The molecule has 29 heavy (non-hydrogen) atoms. The number of hydrogen-bond donors (Lipinski definition) is 2. The van der Waals surface area contributed by atoms with Gasteiger partial charge in [-0.05, 0) is 57.9 Å². The number of halogens is 1. The molecule has 152 valence electrons. The van der Waals surface area contributed by atoms with E-state index in [-0.39, 0.29) is 18.3 Å². The molecule has 0 saturated carbocycles. The highest BCUT2D eigenvalue weighted by atomic mass is 79.9. The van der Waals surface area contributed by atoms with E-state index in [9.17, 15) is 14.7 Å². The minimum absolute atomic E-state index is 0.00764. The molecule has 1 aliphatic rings. The number of morpholine rings is 1. The molecule has 9 heteroatoms. The molecule has 2 amide bonds.